The van der Waals surface area contributed by atoms with Gasteiger partial charge in [0, 0.05) is 26.3 Å². The summed E-state index contributed by atoms with van der Waals surface area (Å²) in [5, 5.41) is 2.83. The third-order valence-electron chi connectivity index (χ3n) is 3.75. The van der Waals surface area contributed by atoms with Crippen molar-refractivity contribution in [2.24, 2.45) is 5.73 Å². The summed E-state index contributed by atoms with van der Waals surface area (Å²) in [5.74, 6) is 0.616. The average Bonchev–Trinajstić information content (AvgIpc) is 2.84. The third kappa shape index (κ3) is 4.19. The Hall–Kier alpha value is -1.59. The molecule has 21 heavy (non-hydrogen) atoms. The fraction of sp³-hybridized carbons (Fsp3) is 0.562. The Bertz CT molecular complexity index is 490. The van der Waals surface area contributed by atoms with Crippen LogP contribution in [0.15, 0.2) is 18.2 Å². The minimum Gasteiger partial charge on any atom is -0.481 e. The lowest BCUT2D eigenvalue weighted by molar-refractivity contribution is -0.127. The van der Waals surface area contributed by atoms with Crippen molar-refractivity contribution in [2.45, 2.75) is 38.3 Å². The number of fused-ring (bicyclic) bond motifs is 1. The molecule has 2 unspecified atom stereocenters. The minimum atomic E-state index is -0.513. The van der Waals surface area contributed by atoms with E-state index in [0.717, 1.165) is 25.0 Å². The number of carbonyl (C=O) groups excluding carboxylic acids is 1. The molecule has 2 rings (SSSR count). The number of methoxy groups -OCH3 is 1. The predicted octanol–water partition coefficient (Wildman–Crippen LogP) is 1.55. The van der Waals surface area contributed by atoms with Gasteiger partial charge in [-0.2, -0.15) is 0 Å². The zero-order valence-corrected chi connectivity index (χ0v) is 12.7. The van der Waals surface area contributed by atoms with E-state index in [9.17, 15) is 4.79 Å². The molecule has 5 heteroatoms. The number of nitrogens with one attached hydrogen (secondary N) is 1. The molecule has 1 aromatic carbocycles. The van der Waals surface area contributed by atoms with Gasteiger partial charge in [0.2, 0.25) is 0 Å². The van der Waals surface area contributed by atoms with Gasteiger partial charge < -0.3 is 20.5 Å². The normalized spacial score (nSPS) is 18.1. The summed E-state index contributed by atoms with van der Waals surface area (Å²) in [6, 6.07) is 6.02. The molecule has 0 aromatic heterocycles. The fourth-order valence-corrected chi connectivity index (χ4v) is 2.53. The van der Waals surface area contributed by atoms with Crippen LogP contribution < -0.4 is 15.8 Å². The Morgan fingerprint density at radius 2 is 2.33 bits per heavy atom. The summed E-state index contributed by atoms with van der Waals surface area (Å²) in [7, 11) is 1.65. The van der Waals surface area contributed by atoms with Gasteiger partial charge in [0.05, 0.1) is 0 Å². The molecule has 2 atom stereocenters. The number of hydrogen-bond donors (Lipinski definition) is 2. The van der Waals surface area contributed by atoms with Crippen molar-refractivity contribution in [1.82, 2.24) is 5.32 Å². The number of rotatable bonds is 7. The van der Waals surface area contributed by atoms with Gasteiger partial charge in [-0.15, -0.1) is 0 Å². The van der Waals surface area contributed by atoms with Crippen molar-refractivity contribution in [3.05, 3.63) is 29.3 Å². The van der Waals surface area contributed by atoms with E-state index in [0.29, 0.717) is 13.2 Å². The number of nitrogens with two attached hydrogens (primary N) is 1. The molecule has 1 aliphatic rings. The fourth-order valence-electron chi connectivity index (χ4n) is 2.53. The van der Waals surface area contributed by atoms with Crippen LogP contribution in [0.2, 0.25) is 0 Å². The van der Waals surface area contributed by atoms with Crippen molar-refractivity contribution in [3.63, 3.8) is 0 Å². The first-order valence-corrected chi connectivity index (χ1v) is 7.43. The monoisotopic (exact) mass is 292 g/mol. The molecule has 1 aliphatic carbocycles. The Balaban J connectivity index is 1.85. The lowest BCUT2D eigenvalue weighted by atomic mass is 10.1. The minimum absolute atomic E-state index is 0.108. The highest BCUT2D eigenvalue weighted by molar-refractivity contribution is 5.80. The highest BCUT2D eigenvalue weighted by Gasteiger charge is 2.20. The first-order chi connectivity index (χ1) is 10.1. The van der Waals surface area contributed by atoms with Crippen LogP contribution in [0.3, 0.4) is 0 Å². The van der Waals surface area contributed by atoms with Gasteiger partial charge in [-0.1, -0.05) is 6.07 Å². The molecule has 0 saturated heterocycles. The molecular formula is C16H24N2O3. The molecule has 0 fully saturated rings. The van der Waals surface area contributed by atoms with E-state index in [1.165, 1.54) is 11.1 Å². The second-order valence-electron chi connectivity index (χ2n) is 5.40. The Morgan fingerprint density at radius 1 is 1.52 bits per heavy atom. The van der Waals surface area contributed by atoms with Crippen molar-refractivity contribution in [2.75, 3.05) is 20.3 Å². The van der Waals surface area contributed by atoms with Gasteiger partial charge >= 0.3 is 0 Å². The quantitative estimate of drug-likeness (QED) is 0.748. The summed E-state index contributed by atoms with van der Waals surface area (Å²) in [4.78, 5) is 11.9. The van der Waals surface area contributed by atoms with Crippen LogP contribution in [-0.2, 0) is 16.0 Å². The van der Waals surface area contributed by atoms with Gasteiger partial charge in [0.1, 0.15) is 5.75 Å². The molecule has 0 spiro atoms. The van der Waals surface area contributed by atoms with Crippen molar-refractivity contribution in [1.29, 1.82) is 0 Å². The molecule has 0 radical (unpaired) electrons. The third-order valence-corrected chi connectivity index (χ3v) is 3.75. The first-order valence-electron chi connectivity index (χ1n) is 7.43. The van der Waals surface area contributed by atoms with Crippen LogP contribution in [-0.4, -0.2) is 32.3 Å². The summed E-state index contributed by atoms with van der Waals surface area (Å²) < 4.78 is 10.6. The van der Waals surface area contributed by atoms with Crippen LogP contribution in [0, 0.1) is 0 Å². The highest BCUT2D eigenvalue weighted by atomic mass is 16.5. The van der Waals surface area contributed by atoms with Gasteiger partial charge in [-0.05, 0) is 49.4 Å². The largest absolute Gasteiger partial charge is 0.481 e. The molecule has 0 heterocycles. The smallest absolute Gasteiger partial charge is 0.260 e. The molecule has 0 aliphatic heterocycles. The van der Waals surface area contributed by atoms with Crippen LogP contribution in [0.5, 0.6) is 5.75 Å². The molecule has 3 N–H and O–H groups in total. The molecule has 0 bridgehead atoms. The Labute approximate surface area is 125 Å². The van der Waals surface area contributed by atoms with Crippen molar-refractivity contribution < 1.29 is 14.3 Å². The van der Waals surface area contributed by atoms with E-state index in [1.807, 2.05) is 18.2 Å². The van der Waals surface area contributed by atoms with Crippen LogP contribution in [0.1, 0.15) is 36.9 Å². The molecule has 1 aromatic rings. The maximum absolute atomic E-state index is 11.9. The summed E-state index contributed by atoms with van der Waals surface area (Å²) >= 11 is 0. The number of benzene rings is 1. The van der Waals surface area contributed by atoms with E-state index < -0.39 is 6.10 Å². The van der Waals surface area contributed by atoms with E-state index in [-0.39, 0.29) is 11.9 Å². The molecule has 5 nitrogen and oxygen atoms in total. The molecule has 1 amide bonds. The summed E-state index contributed by atoms with van der Waals surface area (Å²) in [6.07, 6.45) is 2.24. The number of carbonyl (C=O) groups is 1. The van der Waals surface area contributed by atoms with Gasteiger partial charge in [-0.3, -0.25) is 4.79 Å². The van der Waals surface area contributed by atoms with Gasteiger partial charge in [-0.25, -0.2) is 0 Å². The van der Waals surface area contributed by atoms with Crippen molar-refractivity contribution in [3.8, 4) is 5.75 Å². The first kappa shape index (κ1) is 15.8. The average molecular weight is 292 g/mol. The number of amides is 1. The Morgan fingerprint density at radius 3 is 3.10 bits per heavy atom. The predicted molar refractivity (Wildman–Crippen MR) is 81.3 cm³/mol. The van der Waals surface area contributed by atoms with Gasteiger partial charge in [0.15, 0.2) is 6.10 Å². The molecule has 0 saturated carbocycles. The van der Waals surface area contributed by atoms with Crippen LogP contribution in [0.4, 0.5) is 0 Å². The Kier molecular flexibility index (Phi) is 5.59. The number of ether oxygens (including phenoxy) is 2. The second-order valence-corrected chi connectivity index (χ2v) is 5.40. The number of aryl methyl sites for hydroxylation is 1. The number of hydrogen-bond acceptors (Lipinski definition) is 4. The van der Waals surface area contributed by atoms with Crippen LogP contribution in [0.25, 0.3) is 0 Å². The topological polar surface area (TPSA) is 73.6 Å². The van der Waals surface area contributed by atoms with Crippen molar-refractivity contribution >= 4 is 5.91 Å². The SMILES string of the molecule is COCCCNC(=O)C(C)Oc1ccc2c(c1)CCC2N. The second kappa shape index (κ2) is 7.43. The lowest BCUT2D eigenvalue weighted by Gasteiger charge is -2.15. The van der Waals surface area contributed by atoms with Gasteiger partial charge in [0.25, 0.3) is 5.91 Å². The lowest BCUT2D eigenvalue weighted by Crippen LogP contribution is -2.37. The van der Waals surface area contributed by atoms with E-state index in [2.05, 4.69) is 5.32 Å². The highest BCUT2D eigenvalue weighted by Crippen LogP contribution is 2.32. The maximum Gasteiger partial charge on any atom is 0.260 e. The van der Waals surface area contributed by atoms with E-state index in [4.69, 9.17) is 15.2 Å². The van der Waals surface area contributed by atoms with E-state index in [1.54, 1.807) is 14.0 Å². The van der Waals surface area contributed by atoms with E-state index >= 15 is 0 Å². The zero-order chi connectivity index (χ0) is 15.2. The van der Waals surface area contributed by atoms with Crippen LogP contribution >= 0.6 is 0 Å². The summed E-state index contributed by atoms with van der Waals surface area (Å²) in [6.45, 7) is 2.99. The zero-order valence-electron chi connectivity index (χ0n) is 12.7. The standard InChI is InChI=1S/C16H24N2O3/c1-11(16(19)18-8-3-9-20-2)21-13-5-6-14-12(10-13)4-7-15(14)17/h5-6,10-11,15H,3-4,7-9,17H2,1-2H3,(H,18,19). The summed E-state index contributed by atoms with van der Waals surface area (Å²) in [5.41, 5.74) is 8.43. The molecular weight excluding hydrogens is 268 g/mol. The maximum atomic E-state index is 11.9. The molecule has 116 valence electrons.